The van der Waals surface area contributed by atoms with Crippen LogP contribution in [-0.2, 0) is 0 Å². The zero-order valence-corrected chi connectivity index (χ0v) is 15.4. The largest absolute Gasteiger partial charge is 0.286 e. The fraction of sp³-hybridized carbons (Fsp3) is 0.263. The second kappa shape index (κ2) is 6.98. The number of hydrogen-bond donors (Lipinski definition) is 1. The van der Waals surface area contributed by atoms with Crippen molar-refractivity contribution in [2.45, 2.75) is 19.3 Å². The highest BCUT2D eigenvalue weighted by Crippen LogP contribution is 2.25. The van der Waals surface area contributed by atoms with Crippen LogP contribution in [0, 0.1) is 0 Å². The van der Waals surface area contributed by atoms with Gasteiger partial charge in [-0.15, -0.1) is 0 Å². The molecule has 0 bridgehead atoms. The molecular formula is C19H19BrN4O. The SMILES string of the molecule is O=C(NN1CCCCC1)c1nn(-c2ccccc2)c2cc(Br)ccc12. The van der Waals surface area contributed by atoms with Crippen molar-refractivity contribution < 1.29 is 4.79 Å². The second-order valence-electron chi connectivity index (χ2n) is 6.25. The van der Waals surface area contributed by atoms with Gasteiger partial charge in [-0.1, -0.05) is 40.5 Å². The molecule has 1 aromatic heterocycles. The first-order valence-corrected chi connectivity index (χ1v) is 9.31. The van der Waals surface area contributed by atoms with Gasteiger partial charge in [0.25, 0.3) is 5.91 Å². The van der Waals surface area contributed by atoms with E-state index < -0.39 is 0 Å². The highest BCUT2D eigenvalue weighted by atomic mass is 79.9. The van der Waals surface area contributed by atoms with E-state index in [0.29, 0.717) is 5.69 Å². The molecule has 0 radical (unpaired) electrons. The topological polar surface area (TPSA) is 50.2 Å². The summed E-state index contributed by atoms with van der Waals surface area (Å²) < 4.78 is 2.78. The van der Waals surface area contributed by atoms with Crippen LogP contribution in [0.4, 0.5) is 0 Å². The number of nitrogens with one attached hydrogen (secondary N) is 1. The number of hydrogen-bond acceptors (Lipinski definition) is 3. The van der Waals surface area contributed by atoms with Crippen LogP contribution in [0.25, 0.3) is 16.6 Å². The molecule has 0 saturated carbocycles. The van der Waals surface area contributed by atoms with Crippen LogP contribution in [0.15, 0.2) is 53.0 Å². The lowest BCUT2D eigenvalue weighted by Gasteiger charge is -2.26. The summed E-state index contributed by atoms with van der Waals surface area (Å²) in [5, 5.41) is 7.47. The molecular weight excluding hydrogens is 380 g/mol. The maximum absolute atomic E-state index is 12.8. The highest BCUT2D eigenvalue weighted by Gasteiger charge is 2.21. The third kappa shape index (κ3) is 3.32. The monoisotopic (exact) mass is 398 g/mol. The Hall–Kier alpha value is -2.18. The fourth-order valence-electron chi connectivity index (χ4n) is 3.22. The van der Waals surface area contributed by atoms with Crippen LogP contribution in [0.1, 0.15) is 29.8 Å². The van der Waals surface area contributed by atoms with Gasteiger partial charge in [-0.2, -0.15) is 5.10 Å². The maximum Gasteiger partial charge on any atom is 0.286 e. The molecule has 1 amide bonds. The molecule has 1 aliphatic rings. The van der Waals surface area contributed by atoms with E-state index in [1.54, 1.807) is 0 Å². The minimum Gasteiger partial charge on any atom is -0.283 e. The fourth-order valence-corrected chi connectivity index (χ4v) is 3.57. The van der Waals surface area contributed by atoms with Crippen molar-refractivity contribution in [2.75, 3.05) is 13.1 Å². The lowest BCUT2D eigenvalue weighted by molar-refractivity contribution is 0.0746. The predicted octanol–water partition coefficient (Wildman–Crippen LogP) is 3.92. The number of para-hydroxylation sites is 1. The van der Waals surface area contributed by atoms with E-state index in [4.69, 9.17) is 0 Å². The van der Waals surface area contributed by atoms with Gasteiger partial charge in [-0.05, 0) is 43.2 Å². The Morgan fingerprint density at radius 1 is 1.04 bits per heavy atom. The zero-order valence-electron chi connectivity index (χ0n) is 13.8. The minimum atomic E-state index is -0.149. The van der Waals surface area contributed by atoms with Gasteiger partial charge in [0.1, 0.15) is 0 Å². The van der Waals surface area contributed by atoms with Crippen molar-refractivity contribution in [3.05, 3.63) is 58.7 Å². The molecule has 2 heterocycles. The summed E-state index contributed by atoms with van der Waals surface area (Å²) >= 11 is 3.52. The van der Waals surface area contributed by atoms with Gasteiger partial charge in [-0.25, -0.2) is 9.69 Å². The van der Waals surface area contributed by atoms with E-state index in [1.807, 2.05) is 58.2 Å². The molecule has 0 atom stereocenters. The number of piperidine rings is 1. The average Bonchev–Trinajstić information content (AvgIpc) is 3.02. The Balaban J connectivity index is 1.75. The van der Waals surface area contributed by atoms with Crippen molar-refractivity contribution in [1.82, 2.24) is 20.2 Å². The lowest BCUT2D eigenvalue weighted by atomic mass is 10.1. The predicted molar refractivity (Wildman–Crippen MR) is 102 cm³/mol. The summed E-state index contributed by atoms with van der Waals surface area (Å²) in [6.45, 7) is 1.79. The number of carbonyl (C=O) groups is 1. The second-order valence-corrected chi connectivity index (χ2v) is 7.16. The lowest BCUT2D eigenvalue weighted by Crippen LogP contribution is -2.45. The number of benzene rings is 2. The van der Waals surface area contributed by atoms with E-state index >= 15 is 0 Å². The Labute approximate surface area is 154 Å². The van der Waals surface area contributed by atoms with Crippen LogP contribution in [0.5, 0.6) is 0 Å². The van der Waals surface area contributed by atoms with Gasteiger partial charge < -0.3 is 0 Å². The number of halogens is 1. The van der Waals surface area contributed by atoms with E-state index in [1.165, 1.54) is 6.42 Å². The number of fused-ring (bicyclic) bond motifs is 1. The van der Waals surface area contributed by atoms with Crippen molar-refractivity contribution in [2.24, 2.45) is 0 Å². The summed E-state index contributed by atoms with van der Waals surface area (Å²) in [6.07, 6.45) is 3.46. The first kappa shape index (κ1) is 16.3. The van der Waals surface area contributed by atoms with Crippen molar-refractivity contribution in [3.8, 4) is 5.69 Å². The first-order chi connectivity index (χ1) is 12.2. The molecule has 5 nitrogen and oxygen atoms in total. The molecule has 128 valence electrons. The third-order valence-corrected chi connectivity index (χ3v) is 4.97. The van der Waals surface area contributed by atoms with Crippen LogP contribution >= 0.6 is 15.9 Å². The number of rotatable bonds is 3. The molecule has 1 saturated heterocycles. The van der Waals surface area contributed by atoms with Gasteiger partial charge in [0.05, 0.1) is 11.2 Å². The van der Waals surface area contributed by atoms with Gasteiger partial charge in [0.2, 0.25) is 0 Å². The van der Waals surface area contributed by atoms with E-state index in [2.05, 4.69) is 26.5 Å². The molecule has 0 unspecified atom stereocenters. The van der Waals surface area contributed by atoms with Crippen LogP contribution in [0.3, 0.4) is 0 Å². The third-order valence-electron chi connectivity index (χ3n) is 4.47. The molecule has 6 heteroatoms. The van der Waals surface area contributed by atoms with Gasteiger partial charge in [-0.3, -0.25) is 10.2 Å². The zero-order chi connectivity index (χ0) is 17.2. The Kier molecular flexibility index (Phi) is 4.55. The number of hydrazine groups is 1. The smallest absolute Gasteiger partial charge is 0.283 e. The number of aromatic nitrogens is 2. The molecule has 1 aliphatic heterocycles. The summed E-state index contributed by atoms with van der Waals surface area (Å²) in [5.41, 5.74) is 5.31. The number of amides is 1. The summed E-state index contributed by atoms with van der Waals surface area (Å²) in [4.78, 5) is 12.8. The molecule has 2 aromatic carbocycles. The number of carbonyl (C=O) groups excluding carboxylic acids is 1. The Morgan fingerprint density at radius 3 is 2.56 bits per heavy atom. The highest BCUT2D eigenvalue weighted by molar-refractivity contribution is 9.10. The molecule has 1 N–H and O–H groups in total. The minimum absolute atomic E-state index is 0.149. The molecule has 25 heavy (non-hydrogen) atoms. The average molecular weight is 399 g/mol. The Bertz CT molecular complexity index is 900. The maximum atomic E-state index is 12.8. The van der Waals surface area contributed by atoms with Gasteiger partial charge >= 0.3 is 0 Å². The molecule has 3 aromatic rings. The summed E-state index contributed by atoms with van der Waals surface area (Å²) in [5.74, 6) is -0.149. The van der Waals surface area contributed by atoms with E-state index in [0.717, 1.165) is 47.0 Å². The molecule has 0 spiro atoms. The normalized spacial score (nSPS) is 15.4. The van der Waals surface area contributed by atoms with Crippen LogP contribution in [-0.4, -0.2) is 33.8 Å². The quantitative estimate of drug-likeness (QED) is 0.727. The van der Waals surface area contributed by atoms with Gasteiger partial charge in [0.15, 0.2) is 5.69 Å². The molecule has 4 rings (SSSR count). The van der Waals surface area contributed by atoms with Crippen LogP contribution in [0.2, 0.25) is 0 Å². The van der Waals surface area contributed by atoms with Crippen molar-refractivity contribution in [1.29, 1.82) is 0 Å². The van der Waals surface area contributed by atoms with Crippen molar-refractivity contribution in [3.63, 3.8) is 0 Å². The van der Waals surface area contributed by atoms with E-state index in [9.17, 15) is 4.79 Å². The summed E-state index contributed by atoms with van der Waals surface area (Å²) in [6, 6.07) is 15.7. The Morgan fingerprint density at radius 2 is 1.80 bits per heavy atom. The number of nitrogens with zero attached hydrogens (tertiary/aromatic N) is 3. The molecule has 0 aliphatic carbocycles. The summed E-state index contributed by atoms with van der Waals surface area (Å²) in [7, 11) is 0. The van der Waals surface area contributed by atoms with E-state index in [-0.39, 0.29) is 5.91 Å². The first-order valence-electron chi connectivity index (χ1n) is 8.52. The molecule has 1 fully saturated rings. The van der Waals surface area contributed by atoms with Crippen LogP contribution < -0.4 is 5.43 Å². The van der Waals surface area contributed by atoms with Crippen molar-refractivity contribution >= 4 is 32.7 Å². The van der Waals surface area contributed by atoms with Gasteiger partial charge in [0, 0.05) is 22.9 Å². The standard InChI is InChI=1S/C19H19BrN4O/c20-14-9-10-16-17(13-14)24(15-7-3-1-4-8-15)21-18(16)19(25)22-23-11-5-2-6-12-23/h1,3-4,7-10,13H,2,5-6,11-12H2,(H,22,25).